The molecule has 2 heterocycles. The summed E-state index contributed by atoms with van der Waals surface area (Å²) in [4.78, 5) is 42.9. The van der Waals surface area contributed by atoms with E-state index in [0.717, 1.165) is 31.2 Å². The Morgan fingerprint density at radius 1 is 1.09 bits per heavy atom. The van der Waals surface area contributed by atoms with Gasteiger partial charge in [0.05, 0.1) is 5.41 Å². The summed E-state index contributed by atoms with van der Waals surface area (Å²) in [7, 11) is 0. The lowest BCUT2D eigenvalue weighted by molar-refractivity contribution is -0.159. The minimum atomic E-state index is -0.618. The number of esters is 1. The molecule has 2 amide bonds. The largest absolute Gasteiger partial charge is 0.459 e. The van der Waals surface area contributed by atoms with Crippen LogP contribution in [0.1, 0.15) is 64.9 Å². The summed E-state index contributed by atoms with van der Waals surface area (Å²) in [6.45, 7) is 7.12. The van der Waals surface area contributed by atoms with Gasteiger partial charge in [-0.3, -0.25) is 4.79 Å². The second-order valence-electron chi connectivity index (χ2n) is 10.8. The zero-order chi connectivity index (χ0) is 23.6. The fourth-order valence-corrected chi connectivity index (χ4v) is 5.51. The summed E-state index contributed by atoms with van der Waals surface area (Å²) in [5.74, 6) is -0.184. The molecule has 1 spiro atoms. The SMILES string of the molecule is CC(C)(C)OC(=O)N1CC[C@@]2(CCN([C@H](C(=O)OCc3ccccc3)C3CCCC3)C2=O)C1. The van der Waals surface area contributed by atoms with E-state index < -0.39 is 17.1 Å². The molecule has 0 N–H and O–H groups in total. The molecule has 0 radical (unpaired) electrons. The number of amides is 2. The van der Waals surface area contributed by atoms with Crippen LogP contribution in [0.5, 0.6) is 0 Å². The van der Waals surface area contributed by atoms with Gasteiger partial charge >= 0.3 is 12.1 Å². The Kier molecular flexibility index (Phi) is 6.68. The Morgan fingerprint density at radius 2 is 1.76 bits per heavy atom. The number of nitrogens with zero attached hydrogens (tertiary/aromatic N) is 2. The van der Waals surface area contributed by atoms with E-state index in [-0.39, 0.29) is 30.5 Å². The lowest BCUT2D eigenvalue weighted by atomic mass is 9.85. The van der Waals surface area contributed by atoms with Gasteiger partial charge in [-0.15, -0.1) is 0 Å². The van der Waals surface area contributed by atoms with Crippen LogP contribution in [0.25, 0.3) is 0 Å². The lowest BCUT2D eigenvalue weighted by Crippen LogP contribution is -2.49. The predicted octanol–water partition coefficient (Wildman–Crippen LogP) is 4.15. The number of rotatable bonds is 5. The fraction of sp³-hybridized carbons (Fsp3) is 0.654. The maximum Gasteiger partial charge on any atom is 0.410 e. The van der Waals surface area contributed by atoms with E-state index in [0.29, 0.717) is 32.5 Å². The van der Waals surface area contributed by atoms with Crippen molar-refractivity contribution in [2.45, 2.75) is 77.5 Å². The van der Waals surface area contributed by atoms with E-state index in [1.54, 1.807) is 9.80 Å². The molecule has 0 unspecified atom stereocenters. The summed E-state index contributed by atoms with van der Waals surface area (Å²) >= 11 is 0. The Balaban J connectivity index is 1.45. The van der Waals surface area contributed by atoms with Crippen molar-refractivity contribution < 1.29 is 23.9 Å². The summed E-state index contributed by atoms with van der Waals surface area (Å²) in [5.41, 5.74) is -0.258. The van der Waals surface area contributed by atoms with Gasteiger partial charge in [0.1, 0.15) is 18.2 Å². The number of hydrogen-bond acceptors (Lipinski definition) is 5. The minimum absolute atomic E-state index is 0.0119. The van der Waals surface area contributed by atoms with Gasteiger partial charge < -0.3 is 19.3 Å². The topological polar surface area (TPSA) is 76.2 Å². The highest BCUT2D eigenvalue weighted by Gasteiger charge is 2.55. The third-order valence-electron chi connectivity index (χ3n) is 7.20. The molecule has 0 aromatic heterocycles. The predicted molar refractivity (Wildman–Crippen MR) is 123 cm³/mol. The molecule has 4 rings (SSSR count). The number of hydrogen-bond donors (Lipinski definition) is 0. The lowest BCUT2D eigenvalue weighted by Gasteiger charge is -2.32. The van der Waals surface area contributed by atoms with Crippen molar-refractivity contribution in [3.05, 3.63) is 35.9 Å². The molecule has 1 saturated carbocycles. The highest BCUT2D eigenvalue weighted by atomic mass is 16.6. The Morgan fingerprint density at radius 3 is 2.42 bits per heavy atom. The van der Waals surface area contributed by atoms with E-state index in [9.17, 15) is 14.4 Å². The van der Waals surface area contributed by atoms with E-state index in [1.807, 2.05) is 51.1 Å². The number of carbonyl (C=O) groups is 3. The van der Waals surface area contributed by atoms with Crippen molar-refractivity contribution in [2.24, 2.45) is 11.3 Å². The molecular weight excluding hydrogens is 420 g/mol. The smallest absolute Gasteiger partial charge is 0.410 e. The van der Waals surface area contributed by atoms with Crippen molar-refractivity contribution in [1.29, 1.82) is 0 Å². The van der Waals surface area contributed by atoms with Crippen LogP contribution in [-0.2, 0) is 25.7 Å². The van der Waals surface area contributed by atoms with Crippen molar-refractivity contribution in [3.8, 4) is 0 Å². The highest BCUT2D eigenvalue weighted by Crippen LogP contribution is 2.44. The highest BCUT2D eigenvalue weighted by molar-refractivity contribution is 5.91. The second kappa shape index (κ2) is 9.35. The molecule has 7 nitrogen and oxygen atoms in total. The molecule has 2 aliphatic heterocycles. The minimum Gasteiger partial charge on any atom is -0.459 e. The molecule has 0 bridgehead atoms. The van der Waals surface area contributed by atoms with Gasteiger partial charge in [-0.2, -0.15) is 0 Å². The maximum absolute atomic E-state index is 13.7. The van der Waals surface area contributed by atoms with Crippen molar-refractivity contribution in [2.75, 3.05) is 19.6 Å². The van der Waals surface area contributed by atoms with E-state index in [4.69, 9.17) is 9.47 Å². The normalized spacial score (nSPS) is 24.5. The van der Waals surface area contributed by atoms with Crippen molar-refractivity contribution >= 4 is 18.0 Å². The first kappa shape index (κ1) is 23.6. The maximum atomic E-state index is 13.7. The molecule has 1 aliphatic carbocycles. The second-order valence-corrected chi connectivity index (χ2v) is 10.8. The molecule has 180 valence electrons. The average Bonchev–Trinajstić information content (AvgIpc) is 3.51. The van der Waals surface area contributed by atoms with Crippen molar-refractivity contribution in [3.63, 3.8) is 0 Å². The van der Waals surface area contributed by atoms with Gasteiger partial charge in [0.15, 0.2) is 0 Å². The molecular formula is C26H36N2O5. The van der Waals surface area contributed by atoms with Crippen LogP contribution < -0.4 is 0 Å². The molecule has 3 aliphatic rings. The molecule has 1 aromatic rings. The average molecular weight is 457 g/mol. The Labute approximate surface area is 196 Å². The third kappa shape index (κ3) is 5.17. The molecule has 3 fully saturated rings. The van der Waals surface area contributed by atoms with Crippen LogP contribution in [0.4, 0.5) is 4.79 Å². The summed E-state index contributed by atoms with van der Waals surface area (Å²) < 4.78 is 11.2. The first-order chi connectivity index (χ1) is 15.7. The van der Waals surface area contributed by atoms with E-state index in [2.05, 4.69) is 0 Å². The number of carbonyl (C=O) groups excluding carboxylic acids is 3. The monoisotopic (exact) mass is 456 g/mol. The standard InChI is InChI=1S/C26H36N2O5/c1-25(2,3)33-24(31)27-15-13-26(18-27)14-16-28(23(26)30)21(20-11-7-8-12-20)22(29)32-17-19-9-5-4-6-10-19/h4-6,9-10,20-21H,7-8,11-18H2,1-3H3/t21-,26+/m0/s1. The van der Waals surface area contributed by atoms with Gasteiger partial charge in [-0.05, 0) is 57.9 Å². The van der Waals surface area contributed by atoms with Crippen LogP contribution in [-0.4, -0.2) is 59.0 Å². The van der Waals surface area contributed by atoms with Gasteiger partial charge in [-0.1, -0.05) is 43.2 Å². The van der Waals surface area contributed by atoms with Crippen molar-refractivity contribution in [1.82, 2.24) is 9.80 Å². The van der Waals surface area contributed by atoms with Gasteiger partial charge in [0.25, 0.3) is 0 Å². The summed E-state index contributed by atoms with van der Waals surface area (Å²) in [6.07, 6.45) is 4.91. The molecule has 7 heteroatoms. The van der Waals surface area contributed by atoms with Crippen LogP contribution in [0.3, 0.4) is 0 Å². The molecule has 2 atom stereocenters. The number of benzene rings is 1. The molecule has 2 saturated heterocycles. The Hall–Kier alpha value is -2.57. The van der Waals surface area contributed by atoms with Gasteiger partial charge in [0.2, 0.25) is 5.91 Å². The first-order valence-electron chi connectivity index (χ1n) is 12.2. The van der Waals surface area contributed by atoms with E-state index >= 15 is 0 Å². The number of ether oxygens (including phenoxy) is 2. The van der Waals surface area contributed by atoms with Crippen LogP contribution in [0.2, 0.25) is 0 Å². The Bertz CT molecular complexity index is 874. The zero-order valence-electron chi connectivity index (χ0n) is 20.0. The summed E-state index contributed by atoms with van der Waals surface area (Å²) in [6, 6.07) is 9.08. The molecule has 33 heavy (non-hydrogen) atoms. The zero-order valence-corrected chi connectivity index (χ0v) is 20.0. The van der Waals surface area contributed by atoms with Crippen LogP contribution in [0.15, 0.2) is 30.3 Å². The quantitative estimate of drug-likeness (QED) is 0.622. The first-order valence-corrected chi connectivity index (χ1v) is 12.2. The number of likely N-dealkylation sites (tertiary alicyclic amines) is 2. The van der Waals surface area contributed by atoms with Gasteiger partial charge in [-0.25, -0.2) is 9.59 Å². The van der Waals surface area contributed by atoms with Crippen LogP contribution in [0, 0.1) is 11.3 Å². The van der Waals surface area contributed by atoms with Gasteiger partial charge in [0, 0.05) is 19.6 Å². The fourth-order valence-electron chi connectivity index (χ4n) is 5.51. The molecule has 1 aromatic carbocycles. The summed E-state index contributed by atoms with van der Waals surface area (Å²) in [5, 5.41) is 0. The third-order valence-corrected chi connectivity index (χ3v) is 7.20. The van der Waals surface area contributed by atoms with E-state index in [1.165, 1.54) is 0 Å². The van der Waals surface area contributed by atoms with Crippen LogP contribution >= 0.6 is 0 Å².